The van der Waals surface area contributed by atoms with Gasteiger partial charge in [-0.05, 0) is 37.1 Å². The van der Waals surface area contributed by atoms with E-state index in [9.17, 15) is 4.79 Å². The predicted molar refractivity (Wildman–Crippen MR) is 75.7 cm³/mol. The van der Waals surface area contributed by atoms with Gasteiger partial charge in [-0.2, -0.15) is 5.10 Å². The minimum absolute atomic E-state index is 0.0729. The molecular formula is C13H13N3OS. The molecule has 0 aliphatic rings. The lowest BCUT2D eigenvalue weighted by atomic mass is 10.0. The van der Waals surface area contributed by atoms with Gasteiger partial charge in [-0.25, -0.2) is 5.10 Å². The van der Waals surface area contributed by atoms with E-state index in [1.54, 1.807) is 6.07 Å². The summed E-state index contributed by atoms with van der Waals surface area (Å²) in [6.45, 7) is 4.07. The highest BCUT2D eigenvalue weighted by Crippen LogP contribution is 2.19. The SMILES string of the molecule is Cc1ccc(-c2cc(C(N)=S)c(=O)[nH]n2)cc1C. The molecule has 0 radical (unpaired) electrons. The molecule has 0 fully saturated rings. The van der Waals surface area contributed by atoms with Crippen LogP contribution in [0.3, 0.4) is 0 Å². The first kappa shape index (κ1) is 12.4. The molecule has 3 N–H and O–H groups in total. The normalized spacial score (nSPS) is 10.3. The van der Waals surface area contributed by atoms with Gasteiger partial charge in [0.15, 0.2) is 0 Å². The van der Waals surface area contributed by atoms with E-state index < -0.39 is 0 Å². The number of rotatable bonds is 2. The van der Waals surface area contributed by atoms with E-state index in [1.807, 2.05) is 32.0 Å². The molecule has 0 amide bonds. The number of H-pyrrole nitrogens is 1. The monoisotopic (exact) mass is 259 g/mol. The number of hydrogen-bond donors (Lipinski definition) is 2. The zero-order valence-electron chi connectivity index (χ0n) is 10.2. The summed E-state index contributed by atoms with van der Waals surface area (Å²) >= 11 is 4.84. The average Bonchev–Trinajstić information content (AvgIpc) is 2.33. The zero-order valence-corrected chi connectivity index (χ0v) is 11.0. The number of aromatic amines is 1. The van der Waals surface area contributed by atoms with Crippen molar-refractivity contribution in [3.63, 3.8) is 0 Å². The first-order valence-electron chi connectivity index (χ1n) is 5.46. The summed E-state index contributed by atoms with van der Waals surface area (Å²) in [5.41, 5.74) is 9.37. The lowest BCUT2D eigenvalue weighted by Crippen LogP contribution is -2.23. The van der Waals surface area contributed by atoms with Crippen molar-refractivity contribution >= 4 is 17.2 Å². The van der Waals surface area contributed by atoms with Gasteiger partial charge in [-0.3, -0.25) is 4.79 Å². The molecule has 18 heavy (non-hydrogen) atoms. The molecule has 1 aromatic carbocycles. The Hall–Kier alpha value is -2.01. The Balaban J connectivity index is 2.57. The first-order valence-corrected chi connectivity index (χ1v) is 5.87. The van der Waals surface area contributed by atoms with E-state index in [4.69, 9.17) is 18.0 Å². The largest absolute Gasteiger partial charge is 0.389 e. The Morgan fingerprint density at radius 1 is 1.28 bits per heavy atom. The summed E-state index contributed by atoms with van der Waals surface area (Å²) in [7, 11) is 0. The van der Waals surface area contributed by atoms with Crippen LogP contribution in [0.4, 0.5) is 0 Å². The standard InChI is InChI=1S/C13H13N3OS/c1-7-3-4-9(5-8(7)2)11-6-10(12(14)18)13(17)16-15-11/h3-6H,1-2H3,(H2,14,18)(H,16,17). The Kier molecular flexibility index (Phi) is 3.25. The van der Waals surface area contributed by atoms with Crippen LogP contribution < -0.4 is 11.3 Å². The van der Waals surface area contributed by atoms with Crippen molar-refractivity contribution < 1.29 is 0 Å². The lowest BCUT2D eigenvalue weighted by molar-refractivity contribution is 0.990. The van der Waals surface area contributed by atoms with Gasteiger partial charge in [0.1, 0.15) is 4.99 Å². The van der Waals surface area contributed by atoms with Gasteiger partial charge in [0.25, 0.3) is 5.56 Å². The Labute approximate surface area is 110 Å². The Bertz CT molecular complexity index is 676. The molecule has 0 atom stereocenters. The van der Waals surface area contributed by atoms with Crippen molar-refractivity contribution in [3.05, 3.63) is 51.3 Å². The average molecular weight is 259 g/mol. The highest BCUT2D eigenvalue weighted by molar-refractivity contribution is 7.80. The molecule has 0 aliphatic carbocycles. The predicted octanol–water partition coefficient (Wildman–Crippen LogP) is 1.69. The van der Waals surface area contributed by atoms with Crippen molar-refractivity contribution in [1.29, 1.82) is 0 Å². The number of nitrogens with one attached hydrogen (secondary N) is 1. The van der Waals surface area contributed by atoms with Crippen LogP contribution in [0.1, 0.15) is 16.7 Å². The topological polar surface area (TPSA) is 71.8 Å². The summed E-state index contributed by atoms with van der Waals surface area (Å²) in [4.78, 5) is 11.6. The molecule has 0 saturated carbocycles. The fraction of sp³-hybridized carbons (Fsp3) is 0.154. The molecule has 0 aliphatic heterocycles. The third-order valence-corrected chi connectivity index (χ3v) is 3.09. The first-order chi connectivity index (χ1) is 8.49. The fourth-order valence-electron chi connectivity index (χ4n) is 1.64. The summed E-state index contributed by atoms with van der Waals surface area (Å²) < 4.78 is 0. The Morgan fingerprint density at radius 3 is 2.61 bits per heavy atom. The molecule has 5 heteroatoms. The van der Waals surface area contributed by atoms with Gasteiger partial charge < -0.3 is 5.73 Å². The smallest absolute Gasteiger partial charge is 0.274 e. The van der Waals surface area contributed by atoms with E-state index in [-0.39, 0.29) is 16.1 Å². The number of nitrogens with zero attached hydrogens (tertiary/aromatic N) is 1. The maximum atomic E-state index is 11.5. The van der Waals surface area contributed by atoms with Gasteiger partial charge >= 0.3 is 0 Å². The van der Waals surface area contributed by atoms with Crippen molar-refractivity contribution in [2.75, 3.05) is 0 Å². The molecule has 0 spiro atoms. The molecule has 0 saturated heterocycles. The molecule has 92 valence electrons. The molecule has 2 rings (SSSR count). The van der Waals surface area contributed by atoms with Crippen LogP contribution in [-0.4, -0.2) is 15.2 Å². The molecule has 0 unspecified atom stereocenters. The third-order valence-electron chi connectivity index (χ3n) is 2.87. The number of aryl methyl sites for hydroxylation is 2. The van der Waals surface area contributed by atoms with E-state index in [0.717, 1.165) is 11.1 Å². The van der Waals surface area contributed by atoms with Crippen molar-refractivity contribution in [1.82, 2.24) is 10.2 Å². The lowest BCUT2D eigenvalue weighted by Gasteiger charge is -2.05. The molecule has 2 aromatic rings. The molecule has 1 heterocycles. The van der Waals surface area contributed by atoms with Crippen LogP contribution in [-0.2, 0) is 0 Å². The van der Waals surface area contributed by atoms with Crippen molar-refractivity contribution in [3.8, 4) is 11.3 Å². The van der Waals surface area contributed by atoms with Crippen LogP contribution in [0.25, 0.3) is 11.3 Å². The number of hydrogen-bond acceptors (Lipinski definition) is 3. The van der Waals surface area contributed by atoms with E-state index in [0.29, 0.717) is 5.69 Å². The highest BCUT2D eigenvalue weighted by Gasteiger charge is 2.08. The van der Waals surface area contributed by atoms with Gasteiger partial charge in [0.2, 0.25) is 0 Å². The minimum atomic E-state index is -0.366. The van der Waals surface area contributed by atoms with Crippen LogP contribution in [0.15, 0.2) is 29.1 Å². The number of benzene rings is 1. The van der Waals surface area contributed by atoms with Crippen LogP contribution >= 0.6 is 12.2 Å². The van der Waals surface area contributed by atoms with Crippen LogP contribution in [0, 0.1) is 13.8 Å². The fourth-order valence-corrected chi connectivity index (χ4v) is 1.79. The third kappa shape index (κ3) is 2.31. The minimum Gasteiger partial charge on any atom is -0.389 e. The maximum absolute atomic E-state index is 11.5. The Morgan fingerprint density at radius 2 is 2.00 bits per heavy atom. The number of nitrogens with two attached hydrogens (primary N) is 1. The molecule has 0 bridgehead atoms. The van der Waals surface area contributed by atoms with E-state index in [1.165, 1.54) is 5.56 Å². The second kappa shape index (κ2) is 4.70. The van der Waals surface area contributed by atoms with Crippen molar-refractivity contribution in [2.24, 2.45) is 5.73 Å². The van der Waals surface area contributed by atoms with Gasteiger partial charge in [0, 0.05) is 5.56 Å². The number of thiocarbonyl (C=S) groups is 1. The summed E-state index contributed by atoms with van der Waals surface area (Å²) in [5, 5.41) is 6.42. The second-order valence-electron chi connectivity index (χ2n) is 4.16. The van der Waals surface area contributed by atoms with Gasteiger partial charge in [0.05, 0.1) is 11.3 Å². The van der Waals surface area contributed by atoms with Crippen LogP contribution in [0.5, 0.6) is 0 Å². The molecule has 1 aromatic heterocycles. The maximum Gasteiger partial charge on any atom is 0.274 e. The van der Waals surface area contributed by atoms with Crippen LogP contribution in [0.2, 0.25) is 0 Å². The van der Waals surface area contributed by atoms with Gasteiger partial charge in [-0.15, -0.1) is 0 Å². The summed E-state index contributed by atoms with van der Waals surface area (Å²) in [6.07, 6.45) is 0. The quantitative estimate of drug-likeness (QED) is 0.805. The molecule has 4 nitrogen and oxygen atoms in total. The van der Waals surface area contributed by atoms with E-state index >= 15 is 0 Å². The zero-order chi connectivity index (χ0) is 13.3. The van der Waals surface area contributed by atoms with Gasteiger partial charge in [-0.1, -0.05) is 24.4 Å². The van der Waals surface area contributed by atoms with Crippen molar-refractivity contribution in [2.45, 2.75) is 13.8 Å². The molecular weight excluding hydrogens is 246 g/mol. The summed E-state index contributed by atoms with van der Waals surface area (Å²) in [5.74, 6) is 0. The second-order valence-corrected chi connectivity index (χ2v) is 4.60. The highest BCUT2D eigenvalue weighted by atomic mass is 32.1. The number of aromatic nitrogens is 2. The summed E-state index contributed by atoms with van der Waals surface area (Å²) in [6, 6.07) is 7.59. The van der Waals surface area contributed by atoms with E-state index in [2.05, 4.69) is 10.2 Å².